The first-order valence-electron chi connectivity index (χ1n) is 6.11. The molecule has 0 saturated carbocycles. The number of halogens is 3. The van der Waals surface area contributed by atoms with Crippen molar-refractivity contribution < 1.29 is 27.4 Å². The van der Waals surface area contributed by atoms with Gasteiger partial charge in [0.1, 0.15) is 5.75 Å². The molecule has 1 aromatic carbocycles. The van der Waals surface area contributed by atoms with Gasteiger partial charge in [-0.25, -0.2) is 0 Å². The molecule has 0 aliphatic rings. The number of rotatable bonds is 8. The first-order valence-corrected chi connectivity index (χ1v) is 6.11. The fourth-order valence-corrected chi connectivity index (χ4v) is 1.47. The van der Waals surface area contributed by atoms with Crippen molar-refractivity contribution in [3.8, 4) is 5.75 Å². The Morgan fingerprint density at radius 3 is 2.50 bits per heavy atom. The zero-order valence-corrected chi connectivity index (χ0v) is 11.2. The Morgan fingerprint density at radius 2 is 1.85 bits per heavy atom. The van der Waals surface area contributed by atoms with Gasteiger partial charge < -0.3 is 19.9 Å². The molecule has 20 heavy (non-hydrogen) atoms. The second-order valence-electron chi connectivity index (χ2n) is 4.05. The van der Waals surface area contributed by atoms with Gasteiger partial charge in [0.05, 0.1) is 25.4 Å². The molecule has 0 heterocycles. The zero-order valence-electron chi connectivity index (χ0n) is 11.2. The van der Waals surface area contributed by atoms with Crippen molar-refractivity contribution >= 4 is 5.69 Å². The number of nitrogen functional groups attached to an aromatic ring is 1. The number of anilines is 1. The Labute approximate surface area is 115 Å². The molecule has 0 spiro atoms. The summed E-state index contributed by atoms with van der Waals surface area (Å²) in [5.41, 5.74) is 4.10. The standard InChI is InChI=1S/C13H18F3NO3/c1-18-7-8-19-5-2-6-20-10-3-4-12(17)11(9-10)13(14,15)16/h3-4,9H,2,5-8,17H2,1H3. The molecular weight excluding hydrogens is 275 g/mol. The maximum absolute atomic E-state index is 12.6. The molecule has 7 heteroatoms. The van der Waals surface area contributed by atoms with Gasteiger partial charge in [0.2, 0.25) is 0 Å². The van der Waals surface area contributed by atoms with E-state index in [9.17, 15) is 13.2 Å². The van der Waals surface area contributed by atoms with Crippen LogP contribution in [0.25, 0.3) is 0 Å². The van der Waals surface area contributed by atoms with Gasteiger partial charge in [0, 0.05) is 25.8 Å². The molecule has 0 radical (unpaired) electrons. The summed E-state index contributed by atoms with van der Waals surface area (Å²) < 4.78 is 53.1. The van der Waals surface area contributed by atoms with Crippen LogP contribution < -0.4 is 10.5 Å². The van der Waals surface area contributed by atoms with E-state index in [1.807, 2.05) is 0 Å². The van der Waals surface area contributed by atoms with Gasteiger partial charge in [-0.2, -0.15) is 13.2 Å². The number of benzene rings is 1. The maximum atomic E-state index is 12.6. The molecule has 1 rings (SSSR count). The average molecular weight is 293 g/mol. The number of methoxy groups -OCH3 is 1. The van der Waals surface area contributed by atoms with Crippen LogP contribution in [0.1, 0.15) is 12.0 Å². The fourth-order valence-electron chi connectivity index (χ4n) is 1.47. The van der Waals surface area contributed by atoms with Crippen LogP contribution in [0.15, 0.2) is 18.2 Å². The predicted octanol–water partition coefficient (Wildman–Crippen LogP) is 2.72. The molecule has 0 aliphatic carbocycles. The Bertz CT molecular complexity index is 410. The first-order chi connectivity index (χ1) is 9.45. The fraction of sp³-hybridized carbons (Fsp3) is 0.538. The SMILES string of the molecule is COCCOCCCOc1ccc(N)c(C(F)(F)F)c1. The van der Waals surface area contributed by atoms with Gasteiger partial charge in [-0.15, -0.1) is 0 Å². The van der Waals surface area contributed by atoms with E-state index in [2.05, 4.69) is 0 Å². The van der Waals surface area contributed by atoms with Crippen molar-refractivity contribution in [2.75, 3.05) is 39.3 Å². The second-order valence-corrected chi connectivity index (χ2v) is 4.05. The second kappa shape index (κ2) is 7.96. The molecule has 0 atom stereocenters. The molecule has 0 aromatic heterocycles. The minimum Gasteiger partial charge on any atom is -0.493 e. The normalized spacial score (nSPS) is 11.6. The summed E-state index contributed by atoms with van der Waals surface area (Å²) in [7, 11) is 1.58. The lowest BCUT2D eigenvalue weighted by Crippen LogP contribution is -2.10. The van der Waals surface area contributed by atoms with Gasteiger partial charge >= 0.3 is 6.18 Å². The first kappa shape index (κ1) is 16.6. The van der Waals surface area contributed by atoms with E-state index in [0.717, 1.165) is 6.07 Å². The Morgan fingerprint density at radius 1 is 1.10 bits per heavy atom. The number of ether oxygens (including phenoxy) is 3. The molecule has 0 aliphatic heterocycles. The van der Waals surface area contributed by atoms with E-state index in [-0.39, 0.29) is 18.0 Å². The largest absolute Gasteiger partial charge is 0.493 e. The highest BCUT2D eigenvalue weighted by Gasteiger charge is 2.33. The molecule has 0 amide bonds. The number of nitrogens with two attached hydrogens (primary N) is 1. The minimum atomic E-state index is -4.48. The van der Waals surface area contributed by atoms with E-state index in [1.165, 1.54) is 12.1 Å². The monoisotopic (exact) mass is 293 g/mol. The van der Waals surface area contributed by atoms with Crippen LogP contribution in [0.3, 0.4) is 0 Å². The maximum Gasteiger partial charge on any atom is 0.418 e. The van der Waals surface area contributed by atoms with Crippen LogP contribution >= 0.6 is 0 Å². The summed E-state index contributed by atoms with van der Waals surface area (Å²) in [6.07, 6.45) is -3.90. The van der Waals surface area contributed by atoms with E-state index in [4.69, 9.17) is 19.9 Å². The predicted molar refractivity (Wildman–Crippen MR) is 68.7 cm³/mol. The Balaban J connectivity index is 2.38. The molecule has 1 aromatic rings. The summed E-state index contributed by atoms with van der Waals surface area (Å²) in [6, 6.07) is 3.50. The minimum absolute atomic E-state index is 0.142. The topological polar surface area (TPSA) is 53.7 Å². The third kappa shape index (κ3) is 5.66. The third-order valence-corrected chi connectivity index (χ3v) is 2.46. The van der Waals surface area contributed by atoms with Crippen LogP contribution in [0.4, 0.5) is 18.9 Å². The average Bonchev–Trinajstić information content (AvgIpc) is 2.38. The highest BCUT2D eigenvalue weighted by atomic mass is 19.4. The van der Waals surface area contributed by atoms with Crippen molar-refractivity contribution in [3.63, 3.8) is 0 Å². The lowest BCUT2D eigenvalue weighted by molar-refractivity contribution is -0.137. The van der Waals surface area contributed by atoms with Crippen molar-refractivity contribution in [2.24, 2.45) is 0 Å². The number of alkyl halides is 3. The van der Waals surface area contributed by atoms with E-state index >= 15 is 0 Å². The highest BCUT2D eigenvalue weighted by Crippen LogP contribution is 2.35. The van der Waals surface area contributed by atoms with Crippen molar-refractivity contribution in [1.82, 2.24) is 0 Å². The van der Waals surface area contributed by atoms with E-state index in [1.54, 1.807) is 7.11 Å². The smallest absolute Gasteiger partial charge is 0.418 e. The molecule has 4 nitrogen and oxygen atoms in total. The van der Waals surface area contributed by atoms with Crippen molar-refractivity contribution in [1.29, 1.82) is 0 Å². The summed E-state index contributed by atoms with van der Waals surface area (Å²) in [5, 5.41) is 0. The van der Waals surface area contributed by atoms with Gasteiger partial charge in [0.25, 0.3) is 0 Å². The molecule has 2 N–H and O–H groups in total. The lowest BCUT2D eigenvalue weighted by Gasteiger charge is -2.12. The number of hydrogen-bond acceptors (Lipinski definition) is 4. The van der Waals surface area contributed by atoms with Crippen molar-refractivity contribution in [2.45, 2.75) is 12.6 Å². The molecule has 114 valence electrons. The highest BCUT2D eigenvalue weighted by molar-refractivity contribution is 5.51. The van der Waals surface area contributed by atoms with Crippen LogP contribution in [0, 0.1) is 0 Å². The summed E-state index contributed by atoms with van der Waals surface area (Å²) in [4.78, 5) is 0. The van der Waals surface area contributed by atoms with E-state index in [0.29, 0.717) is 26.2 Å². The van der Waals surface area contributed by atoms with Crippen LogP contribution in [-0.2, 0) is 15.7 Å². The van der Waals surface area contributed by atoms with Crippen LogP contribution in [-0.4, -0.2) is 33.5 Å². The van der Waals surface area contributed by atoms with Gasteiger partial charge in [0.15, 0.2) is 0 Å². The lowest BCUT2D eigenvalue weighted by atomic mass is 10.1. The van der Waals surface area contributed by atoms with Gasteiger partial charge in [-0.1, -0.05) is 0 Å². The summed E-state index contributed by atoms with van der Waals surface area (Å²) in [5.74, 6) is 0.142. The molecule has 0 bridgehead atoms. The molecular formula is C13H18F3NO3. The Hall–Kier alpha value is -1.47. The Kier molecular flexibility index (Phi) is 6.60. The zero-order chi connectivity index (χ0) is 15.0. The van der Waals surface area contributed by atoms with Crippen LogP contribution in [0.5, 0.6) is 5.75 Å². The molecule has 0 saturated heterocycles. The molecule has 0 fully saturated rings. The third-order valence-electron chi connectivity index (χ3n) is 2.46. The van der Waals surface area contributed by atoms with Crippen molar-refractivity contribution in [3.05, 3.63) is 23.8 Å². The van der Waals surface area contributed by atoms with Gasteiger partial charge in [-0.05, 0) is 18.2 Å². The summed E-state index contributed by atoms with van der Waals surface area (Å²) in [6.45, 7) is 1.73. The quantitative estimate of drug-likeness (QED) is 0.591. The van der Waals surface area contributed by atoms with E-state index < -0.39 is 11.7 Å². The molecule has 0 unspecified atom stereocenters. The van der Waals surface area contributed by atoms with Crippen LogP contribution in [0.2, 0.25) is 0 Å². The van der Waals surface area contributed by atoms with Gasteiger partial charge in [-0.3, -0.25) is 0 Å². The summed E-state index contributed by atoms with van der Waals surface area (Å²) >= 11 is 0. The number of hydrogen-bond donors (Lipinski definition) is 1.